The number of esters is 1. The Morgan fingerprint density at radius 1 is 1.05 bits per heavy atom. The lowest BCUT2D eigenvalue weighted by molar-refractivity contribution is -0.122. The van der Waals surface area contributed by atoms with E-state index < -0.39 is 29.0 Å². The number of ether oxygens (including phenoxy) is 1. The van der Waals surface area contributed by atoms with Crippen LogP contribution in [0.2, 0.25) is 0 Å². The fraction of sp³-hybridized carbons (Fsp3) is 0.214. The highest BCUT2D eigenvalue weighted by atomic mass is 32.2. The first-order chi connectivity index (χ1) is 18.8. The van der Waals surface area contributed by atoms with Crippen LogP contribution < -0.4 is 5.32 Å². The van der Waals surface area contributed by atoms with Crippen molar-refractivity contribution in [2.24, 2.45) is 0 Å². The van der Waals surface area contributed by atoms with Crippen LogP contribution in [0.4, 0.5) is 18.9 Å². The van der Waals surface area contributed by atoms with E-state index in [9.17, 15) is 27.6 Å². The highest BCUT2D eigenvalue weighted by Gasteiger charge is 2.32. The summed E-state index contributed by atoms with van der Waals surface area (Å²) in [5.74, 6) is -5.28. The number of rotatable bonds is 7. The Morgan fingerprint density at radius 2 is 1.70 bits per heavy atom. The number of amides is 2. The standard InChI is InChI=1S/C28H23F3N2O4S3/c1-28(2,3)37-26(36)15-4-6-18(7-5-15)32-23(34)8-9-33-25(35)22(40-27(33)38)13-19-10-17(14-39-19)16-11-20(29)24(31)21(30)12-16/h4-7,10-14H,8-9H2,1-3H3,(H,32,34). The molecule has 2 heterocycles. The summed E-state index contributed by atoms with van der Waals surface area (Å²) < 4.78 is 46.1. The molecule has 0 unspecified atom stereocenters. The van der Waals surface area contributed by atoms with Crippen LogP contribution in [-0.2, 0) is 14.3 Å². The van der Waals surface area contributed by atoms with Crippen LogP contribution in [0.3, 0.4) is 0 Å². The third-order valence-electron chi connectivity index (χ3n) is 5.45. The predicted molar refractivity (Wildman–Crippen MR) is 154 cm³/mol. The van der Waals surface area contributed by atoms with Crippen molar-refractivity contribution in [1.82, 2.24) is 4.90 Å². The Kier molecular flexibility index (Phi) is 8.81. The first-order valence-electron chi connectivity index (χ1n) is 11.9. The van der Waals surface area contributed by atoms with E-state index >= 15 is 0 Å². The lowest BCUT2D eigenvalue weighted by atomic mass is 10.1. The summed E-state index contributed by atoms with van der Waals surface area (Å²) in [7, 11) is 0. The number of anilines is 1. The zero-order valence-corrected chi connectivity index (χ0v) is 24.0. The van der Waals surface area contributed by atoms with Gasteiger partial charge in [0.1, 0.15) is 9.92 Å². The Morgan fingerprint density at radius 3 is 2.33 bits per heavy atom. The van der Waals surface area contributed by atoms with E-state index in [4.69, 9.17) is 17.0 Å². The Bertz CT molecular complexity index is 1510. The van der Waals surface area contributed by atoms with Gasteiger partial charge in [-0.25, -0.2) is 18.0 Å². The van der Waals surface area contributed by atoms with Crippen LogP contribution >= 0.6 is 35.3 Å². The molecule has 1 aliphatic heterocycles. The normalized spacial score (nSPS) is 14.7. The lowest BCUT2D eigenvalue weighted by Crippen LogP contribution is -2.31. The number of hydrogen-bond acceptors (Lipinski definition) is 7. The van der Waals surface area contributed by atoms with Gasteiger partial charge in [0.25, 0.3) is 5.91 Å². The van der Waals surface area contributed by atoms with E-state index in [-0.39, 0.29) is 30.3 Å². The number of thioether (sulfide) groups is 1. The first-order valence-corrected chi connectivity index (χ1v) is 14.0. The van der Waals surface area contributed by atoms with E-state index in [0.717, 1.165) is 23.9 Å². The molecule has 0 aliphatic carbocycles. The van der Waals surface area contributed by atoms with Crippen molar-refractivity contribution in [3.63, 3.8) is 0 Å². The van der Waals surface area contributed by atoms with Crippen molar-refractivity contribution < 1.29 is 32.3 Å². The van der Waals surface area contributed by atoms with Gasteiger partial charge in [-0.1, -0.05) is 24.0 Å². The SMILES string of the molecule is CC(C)(C)OC(=O)c1ccc(NC(=O)CCN2C(=O)C(=Cc3cc(-c4cc(F)c(F)c(F)c4)cs3)SC2=S)cc1. The molecule has 4 rings (SSSR count). The van der Waals surface area contributed by atoms with Crippen LogP contribution in [0.15, 0.2) is 52.7 Å². The van der Waals surface area contributed by atoms with Gasteiger partial charge in [-0.3, -0.25) is 14.5 Å². The fourth-order valence-electron chi connectivity index (χ4n) is 3.59. The smallest absolute Gasteiger partial charge is 0.338 e. The molecule has 0 radical (unpaired) electrons. The van der Waals surface area contributed by atoms with E-state index in [2.05, 4.69) is 5.32 Å². The topological polar surface area (TPSA) is 75.7 Å². The zero-order chi connectivity index (χ0) is 29.2. The molecule has 12 heteroatoms. The van der Waals surface area contributed by atoms with Crippen molar-refractivity contribution in [2.75, 3.05) is 11.9 Å². The minimum atomic E-state index is -1.53. The molecule has 1 saturated heterocycles. The second kappa shape index (κ2) is 11.9. The van der Waals surface area contributed by atoms with Gasteiger partial charge in [0.15, 0.2) is 17.5 Å². The number of carbonyl (C=O) groups is 3. The minimum absolute atomic E-state index is 0.0155. The lowest BCUT2D eigenvalue weighted by Gasteiger charge is -2.19. The largest absolute Gasteiger partial charge is 0.456 e. The van der Waals surface area contributed by atoms with Gasteiger partial charge in [-0.15, -0.1) is 11.3 Å². The van der Waals surface area contributed by atoms with Crippen LogP contribution in [0.25, 0.3) is 17.2 Å². The number of nitrogens with zero attached hydrogens (tertiary/aromatic N) is 1. The second-order valence-corrected chi connectivity index (χ2v) is 12.3. The number of hydrogen-bond donors (Lipinski definition) is 1. The molecule has 1 N–H and O–H groups in total. The van der Waals surface area contributed by atoms with Crippen molar-refractivity contribution in [2.45, 2.75) is 32.8 Å². The van der Waals surface area contributed by atoms with Gasteiger partial charge in [0, 0.05) is 23.5 Å². The summed E-state index contributed by atoms with van der Waals surface area (Å²) in [4.78, 5) is 39.9. The van der Waals surface area contributed by atoms with Gasteiger partial charge in [0.05, 0.1) is 10.5 Å². The third kappa shape index (κ3) is 7.18. The molecule has 0 bridgehead atoms. The molecule has 208 valence electrons. The third-order valence-corrected chi connectivity index (χ3v) is 7.71. The molecule has 2 aromatic carbocycles. The summed E-state index contributed by atoms with van der Waals surface area (Å²) >= 11 is 7.65. The number of benzene rings is 2. The maximum absolute atomic E-state index is 13.6. The van der Waals surface area contributed by atoms with Crippen molar-refractivity contribution in [3.05, 3.63) is 80.6 Å². The molecule has 0 saturated carbocycles. The summed E-state index contributed by atoms with van der Waals surface area (Å²) in [5.41, 5.74) is 0.859. The fourth-order valence-corrected chi connectivity index (χ4v) is 5.81. The molecule has 40 heavy (non-hydrogen) atoms. The van der Waals surface area contributed by atoms with Gasteiger partial charge in [0.2, 0.25) is 5.91 Å². The molecule has 2 amide bonds. The zero-order valence-electron chi connectivity index (χ0n) is 21.5. The average molecular weight is 605 g/mol. The Hall–Kier alpha value is -3.48. The summed E-state index contributed by atoms with van der Waals surface area (Å²) in [5, 5.41) is 4.36. The van der Waals surface area contributed by atoms with E-state index in [1.807, 2.05) is 0 Å². The van der Waals surface area contributed by atoms with Gasteiger partial charge >= 0.3 is 5.97 Å². The summed E-state index contributed by atoms with van der Waals surface area (Å²) in [6.07, 6.45) is 1.59. The first kappa shape index (κ1) is 29.5. The van der Waals surface area contributed by atoms with Crippen LogP contribution in [0.5, 0.6) is 0 Å². The van der Waals surface area contributed by atoms with Crippen molar-refractivity contribution in [1.29, 1.82) is 0 Å². The predicted octanol–water partition coefficient (Wildman–Crippen LogP) is 7.02. The molecular weight excluding hydrogens is 582 g/mol. The van der Waals surface area contributed by atoms with E-state index in [1.54, 1.807) is 62.6 Å². The summed E-state index contributed by atoms with van der Waals surface area (Å²) in [6.45, 7) is 5.38. The van der Waals surface area contributed by atoms with Crippen LogP contribution in [0, 0.1) is 17.5 Å². The quantitative estimate of drug-likeness (QED) is 0.135. The van der Waals surface area contributed by atoms with Crippen molar-refractivity contribution in [3.8, 4) is 11.1 Å². The molecule has 3 aromatic rings. The van der Waals surface area contributed by atoms with Gasteiger partial charge in [-0.2, -0.15) is 0 Å². The number of nitrogens with one attached hydrogen (secondary N) is 1. The second-order valence-electron chi connectivity index (χ2n) is 9.70. The molecule has 6 nitrogen and oxygen atoms in total. The van der Waals surface area contributed by atoms with Gasteiger partial charge < -0.3 is 10.1 Å². The number of thiophene rings is 1. The molecule has 0 atom stereocenters. The molecule has 1 aromatic heterocycles. The number of thiocarbonyl (C=S) groups is 1. The van der Waals surface area contributed by atoms with Crippen LogP contribution in [-0.4, -0.2) is 39.1 Å². The summed E-state index contributed by atoms with van der Waals surface area (Å²) in [6, 6.07) is 9.72. The number of halogens is 3. The van der Waals surface area contributed by atoms with Crippen molar-refractivity contribution >= 4 is 69.2 Å². The molecule has 1 aliphatic rings. The monoisotopic (exact) mass is 604 g/mol. The molecule has 1 fully saturated rings. The van der Waals surface area contributed by atoms with Gasteiger partial charge in [-0.05, 0) is 85.8 Å². The minimum Gasteiger partial charge on any atom is -0.456 e. The molecule has 0 spiro atoms. The Balaban J connectivity index is 1.34. The maximum atomic E-state index is 13.6. The Labute approximate surface area is 242 Å². The van der Waals surface area contributed by atoms with Crippen LogP contribution in [0.1, 0.15) is 42.4 Å². The highest BCUT2D eigenvalue weighted by molar-refractivity contribution is 8.26. The van der Waals surface area contributed by atoms with E-state index in [0.29, 0.717) is 30.9 Å². The maximum Gasteiger partial charge on any atom is 0.338 e. The average Bonchev–Trinajstić information content (AvgIpc) is 3.44. The van der Waals surface area contributed by atoms with E-state index in [1.165, 1.54) is 16.2 Å². The number of carbonyl (C=O) groups excluding carboxylic acids is 3. The molecular formula is C28H23F3N2O4S3. The highest BCUT2D eigenvalue weighted by Crippen LogP contribution is 2.35.